The zero-order valence-electron chi connectivity index (χ0n) is 14.6. The molecule has 2 heterocycles. The Bertz CT molecular complexity index is 740. The molecule has 0 radical (unpaired) electrons. The molecule has 1 aliphatic heterocycles. The first-order chi connectivity index (χ1) is 12.4. The summed E-state index contributed by atoms with van der Waals surface area (Å²) < 4.78 is 38.5. The summed E-state index contributed by atoms with van der Waals surface area (Å²) in [6.45, 7) is 1.84. The first-order valence-electron chi connectivity index (χ1n) is 8.64. The van der Waals surface area contributed by atoms with Gasteiger partial charge in [0, 0.05) is 24.8 Å². The van der Waals surface area contributed by atoms with Crippen LogP contribution in [0.15, 0.2) is 36.5 Å². The van der Waals surface area contributed by atoms with Crippen molar-refractivity contribution < 1.29 is 18.0 Å². The van der Waals surface area contributed by atoms with E-state index in [0.717, 1.165) is 25.9 Å². The molecule has 1 unspecified atom stereocenters. The van der Waals surface area contributed by atoms with Gasteiger partial charge in [-0.2, -0.15) is 18.3 Å². The lowest BCUT2D eigenvalue weighted by Gasteiger charge is -2.22. The third-order valence-electron chi connectivity index (χ3n) is 4.39. The van der Waals surface area contributed by atoms with Crippen molar-refractivity contribution in [2.24, 2.45) is 0 Å². The molecule has 0 spiro atoms. The fraction of sp³-hybridized carbons (Fsp3) is 0.444. The topological polar surface area (TPSA) is 59.0 Å². The molecular formula is C18H22ClF3N4O. The van der Waals surface area contributed by atoms with Crippen LogP contribution in [0.2, 0.25) is 0 Å². The van der Waals surface area contributed by atoms with E-state index in [2.05, 4.69) is 15.7 Å². The third-order valence-corrected chi connectivity index (χ3v) is 4.39. The van der Waals surface area contributed by atoms with Crippen LogP contribution in [0.4, 0.5) is 18.9 Å². The smallest absolute Gasteiger partial charge is 0.321 e. The minimum Gasteiger partial charge on any atom is -0.321 e. The van der Waals surface area contributed by atoms with Crippen molar-refractivity contribution in [2.75, 3.05) is 18.4 Å². The summed E-state index contributed by atoms with van der Waals surface area (Å²) >= 11 is 0. The van der Waals surface area contributed by atoms with E-state index in [9.17, 15) is 18.0 Å². The number of nitrogens with one attached hydrogen (secondary N) is 2. The standard InChI is InChI=1S/C18H21F3N4O.ClH/c19-18(20,21)9-7-13-3-5-14(6-4-13)23-17(26)16-8-11-25(24-16)15-2-1-10-22-12-15;/h3-6,8,11,15,22H,1-2,7,9-10,12H2,(H,23,26);1H. The summed E-state index contributed by atoms with van der Waals surface area (Å²) in [5, 5.41) is 10.4. The predicted octanol–water partition coefficient (Wildman–Crippen LogP) is 3.98. The van der Waals surface area contributed by atoms with E-state index in [1.807, 2.05) is 0 Å². The molecule has 9 heteroatoms. The van der Waals surface area contributed by atoms with Gasteiger partial charge in [0.2, 0.25) is 0 Å². The fourth-order valence-corrected chi connectivity index (χ4v) is 2.96. The number of rotatable bonds is 5. The van der Waals surface area contributed by atoms with Gasteiger partial charge in [0.25, 0.3) is 5.91 Å². The van der Waals surface area contributed by atoms with Crippen molar-refractivity contribution in [1.82, 2.24) is 15.1 Å². The van der Waals surface area contributed by atoms with E-state index < -0.39 is 12.6 Å². The monoisotopic (exact) mass is 402 g/mol. The number of alkyl halides is 3. The Balaban J connectivity index is 0.00000261. The Kier molecular flexibility index (Phi) is 7.26. The number of nitrogens with zero attached hydrogens (tertiary/aromatic N) is 2. The van der Waals surface area contributed by atoms with Crippen molar-refractivity contribution in [2.45, 2.75) is 37.9 Å². The van der Waals surface area contributed by atoms with Crippen molar-refractivity contribution in [3.8, 4) is 0 Å². The lowest BCUT2D eigenvalue weighted by Crippen LogP contribution is -2.32. The highest BCUT2D eigenvalue weighted by molar-refractivity contribution is 6.02. The van der Waals surface area contributed by atoms with Crippen molar-refractivity contribution in [3.05, 3.63) is 47.8 Å². The first-order valence-corrected chi connectivity index (χ1v) is 8.64. The van der Waals surface area contributed by atoms with Crippen molar-refractivity contribution >= 4 is 24.0 Å². The summed E-state index contributed by atoms with van der Waals surface area (Å²) in [6, 6.07) is 8.30. The molecule has 148 valence electrons. The second-order valence-electron chi connectivity index (χ2n) is 6.45. The number of amides is 1. The number of halogens is 4. The van der Waals surface area contributed by atoms with E-state index in [0.29, 0.717) is 16.9 Å². The van der Waals surface area contributed by atoms with Crippen LogP contribution in [0, 0.1) is 0 Å². The van der Waals surface area contributed by atoms with Gasteiger partial charge >= 0.3 is 6.18 Å². The molecule has 1 saturated heterocycles. The van der Waals surface area contributed by atoms with Gasteiger partial charge in [-0.1, -0.05) is 12.1 Å². The van der Waals surface area contributed by atoms with Gasteiger partial charge in [0.1, 0.15) is 0 Å². The number of benzene rings is 1. The molecule has 1 atom stereocenters. The van der Waals surface area contributed by atoms with Gasteiger partial charge in [0.05, 0.1) is 6.04 Å². The number of piperidine rings is 1. The van der Waals surface area contributed by atoms with E-state index in [-0.39, 0.29) is 30.8 Å². The summed E-state index contributed by atoms with van der Waals surface area (Å²) in [5.41, 5.74) is 1.42. The van der Waals surface area contributed by atoms with Gasteiger partial charge in [-0.25, -0.2) is 0 Å². The molecule has 2 aromatic rings. The minimum absolute atomic E-state index is 0. The van der Waals surface area contributed by atoms with Crippen molar-refractivity contribution in [1.29, 1.82) is 0 Å². The highest BCUT2D eigenvalue weighted by Crippen LogP contribution is 2.23. The van der Waals surface area contributed by atoms with Crippen LogP contribution < -0.4 is 10.6 Å². The number of aryl methyl sites for hydroxylation is 1. The van der Waals surface area contributed by atoms with Crippen LogP contribution >= 0.6 is 12.4 Å². The number of carbonyl (C=O) groups excluding carboxylic acids is 1. The Morgan fingerprint density at radius 1 is 1.26 bits per heavy atom. The van der Waals surface area contributed by atoms with Crippen LogP contribution in [-0.4, -0.2) is 35.0 Å². The van der Waals surface area contributed by atoms with Gasteiger partial charge in [-0.05, 0) is 49.6 Å². The van der Waals surface area contributed by atoms with Crippen LogP contribution in [0.25, 0.3) is 0 Å². The number of anilines is 1. The first kappa shape index (κ1) is 21.2. The Labute approximate surface area is 161 Å². The number of hydrogen-bond acceptors (Lipinski definition) is 3. The van der Waals surface area contributed by atoms with Crippen molar-refractivity contribution in [3.63, 3.8) is 0 Å². The summed E-state index contributed by atoms with van der Waals surface area (Å²) in [4.78, 5) is 12.3. The summed E-state index contributed by atoms with van der Waals surface area (Å²) in [5.74, 6) is -0.337. The average molecular weight is 403 g/mol. The van der Waals surface area contributed by atoms with E-state index in [1.165, 1.54) is 0 Å². The van der Waals surface area contributed by atoms with Crippen LogP contribution in [0.3, 0.4) is 0 Å². The summed E-state index contributed by atoms with van der Waals surface area (Å²) in [7, 11) is 0. The molecule has 1 aromatic heterocycles. The zero-order valence-corrected chi connectivity index (χ0v) is 15.4. The maximum absolute atomic E-state index is 12.3. The highest BCUT2D eigenvalue weighted by Gasteiger charge is 2.26. The van der Waals surface area contributed by atoms with E-state index in [1.54, 1.807) is 41.2 Å². The van der Waals surface area contributed by atoms with Gasteiger partial charge < -0.3 is 10.6 Å². The van der Waals surface area contributed by atoms with Crippen LogP contribution in [-0.2, 0) is 6.42 Å². The molecule has 1 aliphatic rings. The molecule has 1 fully saturated rings. The lowest BCUT2D eigenvalue weighted by molar-refractivity contribution is -0.133. The molecule has 0 saturated carbocycles. The molecule has 27 heavy (non-hydrogen) atoms. The highest BCUT2D eigenvalue weighted by atomic mass is 35.5. The van der Waals surface area contributed by atoms with E-state index in [4.69, 9.17) is 0 Å². The van der Waals surface area contributed by atoms with Crippen LogP contribution in [0.1, 0.15) is 41.4 Å². The Morgan fingerprint density at radius 2 is 2.00 bits per heavy atom. The lowest BCUT2D eigenvalue weighted by atomic mass is 10.1. The molecule has 5 nitrogen and oxygen atoms in total. The molecule has 0 bridgehead atoms. The summed E-state index contributed by atoms with van der Waals surface area (Å²) in [6.07, 6.45) is -1.20. The fourth-order valence-electron chi connectivity index (χ4n) is 2.96. The van der Waals surface area contributed by atoms with Gasteiger partial charge in [-0.3, -0.25) is 9.48 Å². The predicted molar refractivity (Wildman–Crippen MR) is 99.4 cm³/mol. The molecule has 3 rings (SSSR count). The second-order valence-corrected chi connectivity index (χ2v) is 6.45. The number of hydrogen-bond donors (Lipinski definition) is 2. The quantitative estimate of drug-likeness (QED) is 0.795. The molecule has 2 N–H and O–H groups in total. The molecule has 1 amide bonds. The number of carbonyl (C=O) groups is 1. The Hall–Kier alpha value is -2.06. The van der Waals surface area contributed by atoms with Crippen LogP contribution in [0.5, 0.6) is 0 Å². The second kappa shape index (κ2) is 9.23. The average Bonchev–Trinajstić information content (AvgIpc) is 3.11. The largest absolute Gasteiger partial charge is 0.389 e. The van der Waals surface area contributed by atoms with E-state index >= 15 is 0 Å². The maximum atomic E-state index is 12.3. The minimum atomic E-state index is -4.17. The van der Waals surface area contributed by atoms with Gasteiger partial charge in [0.15, 0.2) is 5.69 Å². The molecule has 0 aliphatic carbocycles. The molecule has 1 aromatic carbocycles. The Morgan fingerprint density at radius 3 is 2.63 bits per heavy atom. The third kappa shape index (κ3) is 6.25. The SMILES string of the molecule is Cl.O=C(Nc1ccc(CCC(F)(F)F)cc1)c1ccn(C2CCCNC2)n1. The molecular weight excluding hydrogens is 381 g/mol. The number of aromatic nitrogens is 2. The maximum Gasteiger partial charge on any atom is 0.389 e. The zero-order chi connectivity index (χ0) is 18.6. The van der Waals surface area contributed by atoms with Gasteiger partial charge in [-0.15, -0.1) is 12.4 Å². The normalized spacial score (nSPS) is 17.2.